The lowest BCUT2D eigenvalue weighted by molar-refractivity contribution is 0.0319. The van der Waals surface area contributed by atoms with Gasteiger partial charge in [0.2, 0.25) is 0 Å². The van der Waals surface area contributed by atoms with Crippen LogP contribution in [0.4, 0.5) is 0 Å². The molecule has 4 aromatic rings. The Kier molecular flexibility index (Phi) is 15.9. The van der Waals surface area contributed by atoms with E-state index in [1.165, 1.54) is 69.8 Å². The lowest BCUT2D eigenvalue weighted by Gasteiger charge is -2.13. The Morgan fingerprint density at radius 1 is 0.571 bits per heavy atom. The zero-order chi connectivity index (χ0) is 34.8. The third kappa shape index (κ3) is 12.5. The third-order valence-corrected chi connectivity index (χ3v) is 9.45. The maximum absolute atomic E-state index is 12.9. The summed E-state index contributed by atoms with van der Waals surface area (Å²) in [5, 5.41) is 0.795. The van der Waals surface area contributed by atoms with E-state index in [9.17, 15) is 9.59 Å². The number of carbonyl (C=O) groups is 2. The number of benzene rings is 4. The van der Waals surface area contributed by atoms with Gasteiger partial charge in [-0.3, -0.25) is 0 Å². The summed E-state index contributed by atoms with van der Waals surface area (Å²) in [6.07, 6.45) is 16.8. The Labute approximate surface area is 299 Å². The van der Waals surface area contributed by atoms with Crippen molar-refractivity contribution in [2.75, 3.05) is 0 Å². The normalized spacial score (nSPS) is 11.7. The van der Waals surface area contributed by atoms with Crippen LogP contribution in [0.15, 0.2) is 91.0 Å². The van der Waals surface area contributed by atoms with Gasteiger partial charge in [-0.05, 0) is 103 Å². The van der Waals surface area contributed by atoms with E-state index >= 15 is 0 Å². The van der Waals surface area contributed by atoms with E-state index in [2.05, 4.69) is 26.0 Å². The van der Waals surface area contributed by atoms with Gasteiger partial charge in [-0.2, -0.15) is 0 Å². The highest BCUT2D eigenvalue weighted by Crippen LogP contribution is 2.28. The standard InChI is InChI=1S/C44H53ClO4/c1-4-6-8-10-11-12-13-15-17-37-22-27-40(32-42(37)45)36-20-25-39(26-21-36)44(47)49-41-30-28-35(29-31-41)34-18-23-38(24-19-34)43(46)48-33(3)16-14-9-7-5-2/h18-33H,4-17H2,1-3H3. The largest absolute Gasteiger partial charge is 0.459 e. The molecule has 0 amide bonds. The first-order chi connectivity index (χ1) is 23.9. The molecule has 0 heterocycles. The molecule has 1 unspecified atom stereocenters. The second kappa shape index (κ2) is 20.6. The molecule has 0 aliphatic carbocycles. The smallest absolute Gasteiger partial charge is 0.343 e. The highest BCUT2D eigenvalue weighted by atomic mass is 35.5. The first kappa shape index (κ1) is 37.9. The number of hydrogen-bond donors (Lipinski definition) is 0. The molecular formula is C44H53ClO4. The minimum atomic E-state index is -0.416. The molecule has 0 fully saturated rings. The second-order valence-electron chi connectivity index (χ2n) is 13.2. The summed E-state index contributed by atoms with van der Waals surface area (Å²) in [4.78, 5) is 25.5. The second-order valence-corrected chi connectivity index (χ2v) is 13.6. The van der Waals surface area contributed by atoms with Crippen molar-refractivity contribution in [2.45, 2.75) is 117 Å². The minimum Gasteiger partial charge on any atom is -0.459 e. The van der Waals surface area contributed by atoms with Gasteiger partial charge in [-0.25, -0.2) is 9.59 Å². The van der Waals surface area contributed by atoms with Gasteiger partial charge in [-0.15, -0.1) is 0 Å². The number of aryl methyl sites for hydroxylation is 1. The fourth-order valence-corrected chi connectivity index (χ4v) is 6.30. The molecule has 0 spiro atoms. The molecule has 260 valence electrons. The molecule has 0 aliphatic rings. The Morgan fingerprint density at radius 2 is 1.04 bits per heavy atom. The summed E-state index contributed by atoms with van der Waals surface area (Å²) in [5.41, 5.74) is 6.14. The molecule has 0 bridgehead atoms. The predicted octanol–water partition coefficient (Wildman–Crippen LogP) is 13.1. The van der Waals surface area contributed by atoms with Crippen LogP contribution in [0.1, 0.15) is 131 Å². The van der Waals surface area contributed by atoms with Crippen LogP contribution in [0.5, 0.6) is 5.75 Å². The van der Waals surface area contributed by atoms with E-state index < -0.39 is 5.97 Å². The van der Waals surface area contributed by atoms with Crippen LogP contribution < -0.4 is 4.74 Å². The van der Waals surface area contributed by atoms with Crippen molar-refractivity contribution in [2.24, 2.45) is 0 Å². The van der Waals surface area contributed by atoms with Gasteiger partial charge < -0.3 is 9.47 Å². The summed E-state index contributed by atoms with van der Waals surface area (Å²) >= 11 is 6.66. The van der Waals surface area contributed by atoms with Crippen molar-refractivity contribution in [3.05, 3.63) is 113 Å². The number of unbranched alkanes of at least 4 members (excludes halogenated alkanes) is 10. The number of halogens is 1. The lowest BCUT2D eigenvalue weighted by atomic mass is 9.99. The molecule has 49 heavy (non-hydrogen) atoms. The molecule has 4 nitrogen and oxygen atoms in total. The Bertz CT molecular complexity index is 1580. The summed E-state index contributed by atoms with van der Waals surface area (Å²) in [5.74, 6) is -0.249. The zero-order valence-corrected chi connectivity index (χ0v) is 30.4. The topological polar surface area (TPSA) is 52.6 Å². The lowest BCUT2D eigenvalue weighted by Crippen LogP contribution is -2.15. The Hall–Kier alpha value is -3.89. The summed E-state index contributed by atoms with van der Waals surface area (Å²) < 4.78 is 11.3. The van der Waals surface area contributed by atoms with E-state index in [1.807, 2.05) is 49.4 Å². The average molecular weight is 681 g/mol. The molecule has 0 N–H and O–H groups in total. The number of carbonyl (C=O) groups excluding carboxylic acids is 2. The van der Waals surface area contributed by atoms with Crippen LogP contribution in [0.3, 0.4) is 0 Å². The van der Waals surface area contributed by atoms with E-state index in [-0.39, 0.29) is 12.1 Å². The van der Waals surface area contributed by atoms with Crippen molar-refractivity contribution in [3.8, 4) is 28.0 Å². The molecule has 5 heteroatoms. The fraction of sp³-hybridized carbons (Fsp3) is 0.409. The third-order valence-electron chi connectivity index (χ3n) is 9.10. The quantitative estimate of drug-likeness (QED) is 0.0529. The Morgan fingerprint density at radius 3 is 1.61 bits per heavy atom. The Balaban J connectivity index is 1.24. The van der Waals surface area contributed by atoms with Crippen molar-refractivity contribution in [3.63, 3.8) is 0 Å². The van der Waals surface area contributed by atoms with Crippen LogP contribution >= 0.6 is 11.6 Å². The first-order valence-corrected chi connectivity index (χ1v) is 18.8. The van der Waals surface area contributed by atoms with Gasteiger partial charge in [0.15, 0.2) is 0 Å². The van der Waals surface area contributed by atoms with E-state index in [1.54, 1.807) is 36.4 Å². The first-order valence-electron chi connectivity index (χ1n) is 18.4. The molecule has 4 aromatic carbocycles. The van der Waals surface area contributed by atoms with Gasteiger partial charge in [0.05, 0.1) is 17.2 Å². The summed E-state index contributed by atoms with van der Waals surface area (Å²) in [7, 11) is 0. The van der Waals surface area contributed by atoms with Gasteiger partial charge in [0.1, 0.15) is 5.75 Å². The van der Waals surface area contributed by atoms with E-state index in [0.717, 1.165) is 53.0 Å². The molecule has 0 aromatic heterocycles. The van der Waals surface area contributed by atoms with Gasteiger partial charge >= 0.3 is 11.9 Å². The molecule has 1 atom stereocenters. The van der Waals surface area contributed by atoms with Gasteiger partial charge in [-0.1, -0.05) is 138 Å². The zero-order valence-electron chi connectivity index (χ0n) is 29.6. The monoisotopic (exact) mass is 680 g/mol. The molecule has 4 rings (SSSR count). The highest BCUT2D eigenvalue weighted by molar-refractivity contribution is 6.31. The number of esters is 2. The SMILES string of the molecule is CCCCCCCCCCc1ccc(-c2ccc(C(=O)Oc3ccc(-c4ccc(C(=O)OC(C)CCCCCC)cc4)cc3)cc2)cc1Cl. The maximum Gasteiger partial charge on any atom is 0.343 e. The molecular weight excluding hydrogens is 628 g/mol. The van der Waals surface area contributed by atoms with Crippen LogP contribution in [-0.4, -0.2) is 18.0 Å². The number of hydrogen-bond acceptors (Lipinski definition) is 4. The molecule has 0 aliphatic heterocycles. The average Bonchev–Trinajstić information content (AvgIpc) is 3.12. The maximum atomic E-state index is 12.9. The predicted molar refractivity (Wildman–Crippen MR) is 204 cm³/mol. The number of rotatable bonds is 20. The summed E-state index contributed by atoms with van der Waals surface area (Å²) in [6, 6.07) is 28.4. The van der Waals surface area contributed by atoms with Crippen LogP contribution in [-0.2, 0) is 11.2 Å². The summed E-state index contributed by atoms with van der Waals surface area (Å²) in [6.45, 7) is 6.40. The molecule has 0 radical (unpaired) electrons. The van der Waals surface area contributed by atoms with Crippen molar-refractivity contribution < 1.29 is 19.1 Å². The van der Waals surface area contributed by atoms with Gasteiger partial charge in [0, 0.05) is 5.02 Å². The van der Waals surface area contributed by atoms with Crippen LogP contribution in [0, 0.1) is 0 Å². The van der Waals surface area contributed by atoms with Crippen molar-refractivity contribution in [1.29, 1.82) is 0 Å². The van der Waals surface area contributed by atoms with Gasteiger partial charge in [0.25, 0.3) is 0 Å². The van der Waals surface area contributed by atoms with E-state index in [0.29, 0.717) is 16.9 Å². The highest BCUT2D eigenvalue weighted by Gasteiger charge is 2.13. The van der Waals surface area contributed by atoms with E-state index in [4.69, 9.17) is 21.1 Å². The van der Waals surface area contributed by atoms with Crippen LogP contribution in [0.2, 0.25) is 5.02 Å². The minimum absolute atomic E-state index is 0.0946. The van der Waals surface area contributed by atoms with Crippen molar-refractivity contribution in [1.82, 2.24) is 0 Å². The number of ether oxygens (including phenoxy) is 2. The molecule has 0 saturated carbocycles. The van der Waals surface area contributed by atoms with Crippen molar-refractivity contribution >= 4 is 23.5 Å². The molecule has 0 saturated heterocycles. The fourth-order valence-electron chi connectivity index (χ4n) is 6.03. The van der Waals surface area contributed by atoms with Crippen LogP contribution in [0.25, 0.3) is 22.3 Å².